The van der Waals surface area contributed by atoms with Crippen LogP contribution in [0.3, 0.4) is 0 Å². The Morgan fingerprint density at radius 2 is 1.74 bits per heavy atom. The van der Waals surface area contributed by atoms with Crippen molar-refractivity contribution < 1.29 is 13.9 Å². The van der Waals surface area contributed by atoms with Crippen LogP contribution in [0.1, 0.15) is 34.7 Å². The van der Waals surface area contributed by atoms with Gasteiger partial charge in [0, 0.05) is 35.0 Å². The number of hydrogen-bond acceptors (Lipinski definition) is 4. The molecule has 1 fully saturated rings. The Morgan fingerprint density at radius 1 is 0.971 bits per heavy atom. The average molecular weight is 487 g/mol. The van der Waals surface area contributed by atoms with E-state index in [0.29, 0.717) is 5.11 Å². The molecule has 2 aromatic carbocycles. The monoisotopic (exact) mass is 486 g/mol. The van der Waals surface area contributed by atoms with Gasteiger partial charge in [0.2, 0.25) is 6.79 Å². The molecule has 176 valence electrons. The highest BCUT2D eigenvalue weighted by Crippen LogP contribution is 2.44. The summed E-state index contributed by atoms with van der Waals surface area (Å²) in [5.74, 6) is 1.20. The first-order valence-electron chi connectivity index (χ1n) is 11.4. The topological polar surface area (TPSA) is 51.6 Å². The van der Waals surface area contributed by atoms with Gasteiger partial charge < -0.3 is 24.3 Å². The van der Waals surface area contributed by atoms with E-state index in [1.54, 1.807) is 18.3 Å². The fourth-order valence-corrected chi connectivity index (χ4v) is 5.41. The van der Waals surface area contributed by atoms with Crippen LogP contribution in [0.15, 0.2) is 72.9 Å². The highest BCUT2D eigenvalue weighted by molar-refractivity contribution is 7.80. The number of fused-ring (bicyclic) bond motifs is 1. The fraction of sp³-hybridized carbons (Fsp3) is 0.185. The lowest BCUT2D eigenvalue weighted by Gasteiger charge is -2.28. The standard InChI is InChI=1S/C27H23FN4O2S/c1-16-13-21(17(2)31(16)20-10-11-23-24(14-20)34-15-33-23)26-25(22-5-3-4-12-29-22)30-27(35)32(26)19-8-6-18(28)7-9-19/h3-14,25-26H,15H2,1-2H3,(H,30,35)/t25-,26-/m1/s1. The SMILES string of the molecule is Cc1cc([C@@H]2[C@@H](c3ccccn3)NC(=S)N2c2ccc(F)cc2)c(C)n1-c1ccc2c(c1)OCO2. The zero-order chi connectivity index (χ0) is 24.1. The number of benzene rings is 2. The average Bonchev–Trinajstić information content (AvgIpc) is 3.55. The number of pyridine rings is 1. The lowest BCUT2D eigenvalue weighted by molar-refractivity contribution is 0.174. The maximum Gasteiger partial charge on any atom is 0.231 e. The summed E-state index contributed by atoms with van der Waals surface area (Å²) in [6, 6.07) is 20.1. The fourth-order valence-electron chi connectivity index (χ4n) is 5.06. The first-order chi connectivity index (χ1) is 17.0. The Morgan fingerprint density at radius 3 is 2.51 bits per heavy atom. The second-order valence-corrected chi connectivity index (χ2v) is 9.06. The van der Waals surface area contributed by atoms with E-state index in [1.165, 1.54) is 12.1 Å². The quantitative estimate of drug-likeness (QED) is 0.383. The number of hydrogen-bond donors (Lipinski definition) is 1. The zero-order valence-corrected chi connectivity index (χ0v) is 20.1. The zero-order valence-electron chi connectivity index (χ0n) is 19.2. The molecule has 0 aliphatic carbocycles. The summed E-state index contributed by atoms with van der Waals surface area (Å²) in [6.45, 7) is 4.42. The minimum Gasteiger partial charge on any atom is -0.454 e. The van der Waals surface area contributed by atoms with Gasteiger partial charge >= 0.3 is 0 Å². The van der Waals surface area contributed by atoms with Crippen LogP contribution in [-0.4, -0.2) is 21.5 Å². The highest BCUT2D eigenvalue weighted by atomic mass is 32.1. The van der Waals surface area contributed by atoms with E-state index in [9.17, 15) is 4.39 Å². The van der Waals surface area contributed by atoms with Gasteiger partial charge in [-0.2, -0.15) is 0 Å². The predicted molar refractivity (Wildman–Crippen MR) is 136 cm³/mol. The highest BCUT2D eigenvalue weighted by Gasteiger charge is 2.42. The molecule has 4 heterocycles. The predicted octanol–water partition coefficient (Wildman–Crippen LogP) is 5.53. The van der Waals surface area contributed by atoms with Crippen LogP contribution in [0.4, 0.5) is 10.1 Å². The number of aromatic nitrogens is 2. The third-order valence-corrected chi connectivity index (χ3v) is 6.92. The van der Waals surface area contributed by atoms with Crippen molar-refractivity contribution in [1.29, 1.82) is 0 Å². The normalized spacial score (nSPS) is 18.7. The summed E-state index contributed by atoms with van der Waals surface area (Å²) in [5.41, 5.74) is 5.95. The summed E-state index contributed by atoms with van der Waals surface area (Å²) >= 11 is 5.80. The van der Waals surface area contributed by atoms with E-state index >= 15 is 0 Å². The van der Waals surface area contributed by atoms with Gasteiger partial charge in [-0.25, -0.2) is 4.39 Å². The first kappa shape index (κ1) is 21.6. The van der Waals surface area contributed by atoms with Gasteiger partial charge in [-0.15, -0.1) is 0 Å². The van der Waals surface area contributed by atoms with Crippen molar-refractivity contribution >= 4 is 23.0 Å². The van der Waals surface area contributed by atoms with Crippen LogP contribution in [0.25, 0.3) is 5.69 Å². The molecule has 6 rings (SSSR count). The molecule has 4 aromatic rings. The van der Waals surface area contributed by atoms with Gasteiger partial charge in [-0.05, 0) is 86.2 Å². The van der Waals surface area contributed by atoms with Crippen LogP contribution in [0.2, 0.25) is 0 Å². The number of ether oxygens (including phenoxy) is 2. The molecule has 2 aromatic heterocycles. The lowest BCUT2D eigenvalue weighted by atomic mass is 9.96. The van der Waals surface area contributed by atoms with E-state index in [4.69, 9.17) is 21.7 Å². The maximum absolute atomic E-state index is 13.7. The Kier molecular flexibility index (Phi) is 5.18. The van der Waals surface area contributed by atoms with Crippen molar-refractivity contribution in [2.45, 2.75) is 25.9 Å². The molecule has 0 spiro atoms. The second-order valence-electron chi connectivity index (χ2n) is 8.67. The second kappa shape index (κ2) is 8.39. The van der Waals surface area contributed by atoms with Crippen LogP contribution >= 0.6 is 12.2 Å². The summed E-state index contributed by atoms with van der Waals surface area (Å²) < 4.78 is 27.0. The molecule has 0 bridgehead atoms. The van der Waals surface area contributed by atoms with Crippen molar-refractivity contribution in [3.8, 4) is 17.2 Å². The molecule has 1 saturated heterocycles. The van der Waals surface area contributed by atoms with E-state index in [1.807, 2.05) is 36.4 Å². The summed E-state index contributed by atoms with van der Waals surface area (Å²) in [6.07, 6.45) is 1.79. The number of anilines is 1. The van der Waals surface area contributed by atoms with Gasteiger partial charge in [0.05, 0.1) is 17.8 Å². The molecule has 35 heavy (non-hydrogen) atoms. The molecular formula is C27H23FN4O2S. The summed E-state index contributed by atoms with van der Waals surface area (Å²) in [7, 11) is 0. The van der Waals surface area contributed by atoms with Crippen LogP contribution in [-0.2, 0) is 0 Å². The molecule has 2 atom stereocenters. The largest absolute Gasteiger partial charge is 0.454 e. The van der Waals surface area contributed by atoms with Gasteiger partial charge in [-0.1, -0.05) is 6.07 Å². The lowest BCUT2D eigenvalue weighted by Crippen LogP contribution is -2.29. The van der Waals surface area contributed by atoms with Crippen molar-refractivity contribution in [3.05, 3.63) is 101 Å². The number of aryl methyl sites for hydroxylation is 1. The minimum atomic E-state index is -0.286. The third kappa shape index (κ3) is 3.61. The van der Waals surface area contributed by atoms with E-state index in [2.05, 4.69) is 39.7 Å². The molecule has 8 heteroatoms. The van der Waals surface area contributed by atoms with Gasteiger partial charge in [-0.3, -0.25) is 4.98 Å². The maximum atomic E-state index is 13.7. The van der Waals surface area contributed by atoms with Gasteiger partial charge in [0.25, 0.3) is 0 Å². The van der Waals surface area contributed by atoms with Crippen molar-refractivity contribution in [1.82, 2.24) is 14.9 Å². The molecule has 0 unspecified atom stereocenters. The Labute approximate surface area is 207 Å². The molecule has 1 N–H and O–H groups in total. The van der Waals surface area contributed by atoms with E-state index in [-0.39, 0.29) is 24.7 Å². The van der Waals surface area contributed by atoms with Crippen LogP contribution in [0.5, 0.6) is 11.5 Å². The number of nitrogens with one attached hydrogen (secondary N) is 1. The van der Waals surface area contributed by atoms with Crippen LogP contribution < -0.4 is 19.7 Å². The number of rotatable bonds is 4. The van der Waals surface area contributed by atoms with Crippen molar-refractivity contribution in [2.75, 3.05) is 11.7 Å². The molecule has 0 radical (unpaired) electrons. The summed E-state index contributed by atoms with van der Waals surface area (Å²) in [4.78, 5) is 6.68. The molecule has 2 aliphatic rings. The van der Waals surface area contributed by atoms with E-state index < -0.39 is 0 Å². The molecular weight excluding hydrogens is 463 g/mol. The van der Waals surface area contributed by atoms with E-state index in [0.717, 1.165) is 45.5 Å². The molecule has 0 saturated carbocycles. The summed E-state index contributed by atoms with van der Waals surface area (Å²) in [5, 5.41) is 4.04. The smallest absolute Gasteiger partial charge is 0.231 e. The third-order valence-electron chi connectivity index (χ3n) is 6.61. The Hall–Kier alpha value is -3.91. The number of nitrogens with zero attached hydrogens (tertiary/aromatic N) is 3. The number of halogens is 1. The molecule has 2 aliphatic heterocycles. The van der Waals surface area contributed by atoms with Crippen molar-refractivity contribution in [3.63, 3.8) is 0 Å². The molecule has 0 amide bonds. The number of thiocarbonyl (C=S) groups is 1. The minimum absolute atomic E-state index is 0.181. The Bertz CT molecular complexity index is 1420. The van der Waals surface area contributed by atoms with Crippen molar-refractivity contribution in [2.24, 2.45) is 0 Å². The van der Waals surface area contributed by atoms with Gasteiger partial charge in [0.15, 0.2) is 16.6 Å². The van der Waals surface area contributed by atoms with Gasteiger partial charge in [0.1, 0.15) is 5.82 Å². The Balaban J connectivity index is 1.50. The first-order valence-corrected chi connectivity index (χ1v) is 11.8. The van der Waals surface area contributed by atoms with Crippen LogP contribution in [0, 0.1) is 19.7 Å². The molecule has 6 nitrogen and oxygen atoms in total.